The van der Waals surface area contributed by atoms with Crippen LogP contribution in [0.5, 0.6) is 0 Å². The highest BCUT2D eigenvalue weighted by atomic mass is 16.5. The molecule has 0 saturated carbocycles. The number of ether oxygens (including phenoxy) is 1. The minimum absolute atomic E-state index is 0.0548. The van der Waals surface area contributed by atoms with Gasteiger partial charge in [0.05, 0.1) is 6.61 Å². The maximum absolute atomic E-state index is 11.5. The molecule has 1 aliphatic rings. The van der Waals surface area contributed by atoms with Crippen molar-refractivity contribution >= 4 is 5.91 Å². The zero-order chi connectivity index (χ0) is 12.0. The van der Waals surface area contributed by atoms with E-state index in [-0.39, 0.29) is 25.2 Å². The highest BCUT2D eigenvalue weighted by Crippen LogP contribution is 2.09. The molecule has 5 heteroatoms. The molecule has 1 amide bonds. The van der Waals surface area contributed by atoms with Gasteiger partial charge >= 0.3 is 0 Å². The lowest BCUT2D eigenvalue weighted by molar-refractivity contribution is -0.137. The molecule has 94 valence electrons. The molecule has 5 nitrogen and oxygen atoms in total. The van der Waals surface area contributed by atoms with Crippen molar-refractivity contribution in [2.75, 3.05) is 46.5 Å². The topological polar surface area (TPSA) is 53.0 Å². The van der Waals surface area contributed by atoms with Crippen molar-refractivity contribution in [3.05, 3.63) is 0 Å². The molecular weight excluding hydrogens is 208 g/mol. The molecule has 1 fully saturated rings. The summed E-state index contributed by atoms with van der Waals surface area (Å²) in [5.41, 5.74) is 0. The molecule has 0 aromatic heterocycles. The average molecular weight is 230 g/mol. The summed E-state index contributed by atoms with van der Waals surface area (Å²) in [5, 5.41) is 9.20. The highest BCUT2D eigenvalue weighted by Gasteiger charge is 2.24. The van der Waals surface area contributed by atoms with Crippen LogP contribution in [0.25, 0.3) is 0 Å². The fraction of sp³-hybridized carbons (Fsp3) is 0.909. The lowest BCUT2D eigenvalue weighted by Crippen LogP contribution is -2.53. The lowest BCUT2D eigenvalue weighted by Gasteiger charge is -2.38. The fourth-order valence-electron chi connectivity index (χ4n) is 2.05. The molecule has 0 aliphatic carbocycles. The second kappa shape index (κ2) is 6.83. The van der Waals surface area contributed by atoms with Crippen molar-refractivity contribution in [1.82, 2.24) is 9.80 Å². The van der Waals surface area contributed by atoms with Crippen molar-refractivity contribution < 1.29 is 14.6 Å². The minimum atomic E-state index is 0.0548. The van der Waals surface area contributed by atoms with Crippen LogP contribution < -0.4 is 0 Å². The van der Waals surface area contributed by atoms with Crippen LogP contribution in [0.15, 0.2) is 0 Å². The maximum atomic E-state index is 11.5. The van der Waals surface area contributed by atoms with Gasteiger partial charge in [0.2, 0.25) is 5.91 Å². The van der Waals surface area contributed by atoms with E-state index in [1.807, 2.05) is 4.90 Å². The largest absolute Gasteiger partial charge is 0.395 e. The summed E-state index contributed by atoms with van der Waals surface area (Å²) in [6, 6.07) is 0.236. The van der Waals surface area contributed by atoms with Crippen LogP contribution in [0, 0.1) is 0 Å². The molecule has 1 rings (SSSR count). The van der Waals surface area contributed by atoms with Crippen molar-refractivity contribution in [2.24, 2.45) is 0 Å². The van der Waals surface area contributed by atoms with E-state index in [4.69, 9.17) is 4.74 Å². The number of hydrogen-bond acceptors (Lipinski definition) is 4. The van der Waals surface area contributed by atoms with Crippen molar-refractivity contribution in [3.63, 3.8) is 0 Å². The first-order valence-corrected chi connectivity index (χ1v) is 5.84. The van der Waals surface area contributed by atoms with Gasteiger partial charge in [0.25, 0.3) is 0 Å². The molecule has 0 aromatic rings. The number of hydrogen-bond donors (Lipinski definition) is 1. The number of aliphatic hydroxyl groups excluding tert-OH is 1. The second-order valence-corrected chi connectivity index (χ2v) is 4.09. The van der Waals surface area contributed by atoms with Gasteiger partial charge in [-0.2, -0.15) is 0 Å². The molecule has 1 heterocycles. The minimum Gasteiger partial charge on any atom is -0.395 e. The number of piperazine rings is 1. The van der Waals surface area contributed by atoms with Gasteiger partial charge in [0, 0.05) is 39.3 Å². The van der Waals surface area contributed by atoms with Gasteiger partial charge in [0.15, 0.2) is 0 Å². The lowest BCUT2D eigenvalue weighted by atomic mass is 10.1. The van der Waals surface area contributed by atoms with E-state index < -0.39 is 0 Å². The third kappa shape index (κ3) is 3.43. The molecule has 0 spiro atoms. The summed E-state index contributed by atoms with van der Waals surface area (Å²) in [5.74, 6) is 0.0548. The molecule has 1 aliphatic heterocycles. The second-order valence-electron chi connectivity index (χ2n) is 4.09. The van der Waals surface area contributed by atoms with E-state index >= 15 is 0 Å². The Morgan fingerprint density at radius 3 is 2.44 bits per heavy atom. The monoisotopic (exact) mass is 230 g/mol. The smallest absolute Gasteiger partial charge is 0.248 e. The number of aliphatic hydroxyl groups is 1. The molecule has 1 unspecified atom stereocenters. The summed E-state index contributed by atoms with van der Waals surface area (Å²) < 4.78 is 4.83. The zero-order valence-corrected chi connectivity index (χ0v) is 10.2. The summed E-state index contributed by atoms with van der Waals surface area (Å²) in [6.07, 6.45) is 0.947. The molecule has 16 heavy (non-hydrogen) atoms. The Morgan fingerprint density at radius 2 is 2.00 bits per heavy atom. The predicted octanol–water partition coefficient (Wildman–Crippen LogP) is -0.452. The Kier molecular flexibility index (Phi) is 5.73. The first-order valence-electron chi connectivity index (χ1n) is 5.84. The van der Waals surface area contributed by atoms with Gasteiger partial charge in [0.1, 0.15) is 6.61 Å². The standard InChI is InChI=1S/C11H22N2O3/c1-3-10(8-14)12-4-6-13(7-5-12)11(15)9-16-2/h10,14H,3-9H2,1-2H3. The highest BCUT2D eigenvalue weighted by molar-refractivity contribution is 5.77. The number of rotatable bonds is 5. The van der Waals surface area contributed by atoms with Crippen LogP contribution in [-0.4, -0.2) is 73.4 Å². The quantitative estimate of drug-likeness (QED) is 0.695. The Balaban J connectivity index is 2.35. The van der Waals surface area contributed by atoms with Crippen LogP contribution in [0.2, 0.25) is 0 Å². The number of carbonyl (C=O) groups is 1. The SMILES string of the molecule is CCC(CO)N1CCN(C(=O)COC)CC1. The van der Waals surface area contributed by atoms with Gasteiger partial charge in [-0.1, -0.05) is 6.92 Å². The molecular formula is C11H22N2O3. The van der Waals surface area contributed by atoms with E-state index in [1.165, 1.54) is 7.11 Å². The van der Waals surface area contributed by atoms with E-state index in [1.54, 1.807) is 0 Å². The molecule has 0 aromatic carbocycles. The summed E-state index contributed by atoms with van der Waals surface area (Å²) in [4.78, 5) is 15.6. The van der Waals surface area contributed by atoms with Crippen molar-refractivity contribution in [1.29, 1.82) is 0 Å². The average Bonchev–Trinajstić information content (AvgIpc) is 2.32. The number of methoxy groups -OCH3 is 1. The van der Waals surface area contributed by atoms with Crippen LogP contribution in [-0.2, 0) is 9.53 Å². The molecule has 1 saturated heterocycles. The molecule has 0 bridgehead atoms. The Bertz CT molecular complexity index is 211. The van der Waals surface area contributed by atoms with Crippen LogP contribution in [0.1, 0.15) is 13.3 Å². The fourth-order valence-corrected chi connectivity index (χ4v) is 2.05. The van der Waals surface area contributed by atoms with Crippen molar-refractivity contribution in [3.8, 4) is 0 Å². The molecule has 0 radical (unpaired) electrons. The Morgan fingerprint density at radius 1 is 1.38 bits per heavy atom. The summed E-state index contributed by atoms with van der Waals surface area (Å²) in [7, 11) is 1.53. The predicted molar refractivity (Wildman–Crippen MR) is 61.2 cm³/mol. The van der Waals surface area contributed by atoms with Crippen LogP contribution >= 0.6 is 0 Å². The Hall–Kier alpha value is -0.650. The van der Waals surface area contributed by atoms with Gasteiger partial charge < -0.3 is 14.7 Å². The summed E-state index contributed by atoms with van der Waals surface area (Å²) in [6.45, 7) is 5.59. The van der Waals surface area contributed by atoms with E-state index in [0.29, 0.717) is 0 Å². The van der Waals surface area contributed by atoms with E-state index in [9.17, 15) is 9.90 Å². The van der Waals surface area contributed by atoms with Gasteiger partial charge in [-0.3, -0.25) is 9.69 Å². The van der Waals surface area contributed by atoms with Gasteiger partial charge in [-0.15, -0.1) is 0 Å². The van der Waals surface area contributed by atoms with Crippen LogP contribution in [0.4, 0.5) is 0 Å². The third-order valence-corrected chi connectivity index (χ3v) is 3.13. The molecule has 1 N–H and O–H groups in total. The number of nitrogens with zero attached hydrogens (tertiary/aromatic N) is 2. The van der Waals surface area contributed by atoms with E-state index in [2.05, 4.69) is 11.8 Å². The Labute approximate surface area is 97.0 Å². The molecule has 1 atom stereocenters. The van der Waals surface area contributed by atoms with Crippen LogP contribution in [0.3, 0.4) is 0 Å². The van der Waals surface area contributed by atoms with Gasteiger partial charge in [-0.25, -0.2) is 0 Å². The zero-order valence-electron chi connectivity index (χ0n) is 10.2. The first-order chi connectivity index (χ1) is 7.72. The summed E-state index contributed by atoms with van der Waals surface area (Å²) >= 11 is 0. The first kappa shape index (κ1) is 13.4. The maximum Gasteiger partial charge on any atom is 0.248 e. The normalized spacial score (nSPS) is 19.8. The number of amides is 1. The van der Waals surface area contributed by atoms with Crippen molar-refractivity contribution in [2.45, 2.75) is 19.4 Å². The number of carbonyl (C=O) groups excluding carboxylic acids is 1. The third-order valence-electron chi connectivity index (χ3n) is 3.13. The van der Waals surface area contributed by atoms with Gasteiger partial charge in [-0.05, 0) is 6.42 Å². The van der Waals surface area contributed by atoms with E-state index in [0.717, 1.165) is 32.6 Å².